The van der Waals surface area contributed by atoms with Gasteiger partial charge in [0.1, 0.15) is 0 Å². The van der Waals surface area contributed by atoms with Gasteiger partial charge in [-0.05, 0) is 31.1 Å². The number of nitrogens with two attached hydrogens (primary N) is 1. The van der Waals surface area contributed by atoms with Crippen LogP contribution < -0.4 is 5.73 Å². The molecular formula is C14H26IN3. The molecule has 0 unspecified atom stereocenters. The van der Waals surface area contributed by atoms with Crippen molar-refractivity contribution in [3.8, 4) is 0 Å². The number of nitrogens with zero attached hydrogens (tertiary/aromatic N) is 2. The van der Waals surface area contributed by atoms with Crippen LogP contribution in [0, 0.1) is 11.8 Å². The molecule has 0 aromatic rings. The standard InChI is InChI=1S/C14H25N3.HI/c1-17(11-7-8-11)14(15)16-13-9-12(13)10-5-3-2-4-6-10;/h10-13H,2-9H2,1H3,(H2,15,16);1H/t12-,13+;/m0./s1. The highest BCUT2D eigenvalue weighted by Crippen LogP contribution is 2.46. The monoisotopic (exact) mass is 363 g/mol. The van der Waals surface area contributed by atoms with Gasteiger partial charge in [-0.1, -0.05) is 32.1 Å². The van der Waals surface area contributed by atoms with Gasteiger partial charge in [-0.3, -0.25) is 0 Å². The molecule has 4 heteroatoms. The number of aliphatic imine (C=N–C) groups is 1. The maximum Gasteiger partial charge on any atom is 0.191 e. The van der Waals surface area contributed by atoms with Gasteiger partial charge in [-0.25, -0.2) is 4.99 Å². The second-order valence-corrected chi connectivity index (χ2v) is 6.19. The molecule has 3 saturated carbocycles. The molecule has 104 valence electrons. The van der Waals surface area contributed by atoms with E-state index < -0.39 is 0 Å². The van der Waals surface area contributed by atoms with E-state index in [0.29, 0.717) is 12.1 Å². The molecular weight excluding hydrogens is 337 g/mol. The van der Waals surface area contributed by atoms with Crippen LogP contribution in [0.5, 0.6) is 0 Å². The summed E-state index contributed by atoms with van der Waals surface area (Å²) in [6.07, 6.45) is 11.1. The summed E-state index contributed by atoms with van der Waals surface area (Å²) < 4.78 is 0. The van der Waals surface area contributed by atoms with Crippen molar-refractivity contribution in [3.05, 3.63) is 0 Å². The lowest BCUT2D eigenvalue weighted by Gasteiger charge is -2.21. The molecule has 3 rings (SSSR count). The van der Waals surface area contributed by atoms with Gasteiger partial charge in [0.2, 0.25) is 0 Å². The topological polar surface area (TPSA) is 41.6 Å². The smallest absolute Gasteiger partial charge is 0.191 e. The molecule has 0 saturated heterocycles. The minimum Gasteiger partial charge on any atom is -0.370 e. The average molecular weight is 363 g/mol. The molecule has 3 aliphatic rings. The Hall–Kier alpha value is 0. The molecule has 3 aliphatic carbocycles. The summed E-state index contributed by atoms with van der Waals surface area (Å²) in [6.45, 7) is 0. The highest BCUT2D eigenvalue weighted by molar-refractivity contribution is 14.0. The molecule has 2 N–H and O–H groups in total. The third kappa shape index (κ3) is 3.31. The molecule has 0 bridgehead atoms. The lowest BCUT2D eigenvalue weighted by molar-refractivity contribution is 0.318. The zero-order chi connectivity index (χ0) is 11.8. The van der Waals surface area contributed by atoms with E-state index in [1.54, 1.807) is 0 Å². The van der Waals surface area contributed by atoms with Crippen LogP contribution in [0.4, 0.5) is 0 Å². The molecule has 0 aliphatic heterocycles. The van der Waals surface area contributed by atoms with Crippen molar-refractivity contribution in [3.63, 3.8) is 0 Å². The fourth-order valence-electron chi connectivity index (χ4n) is 3.33. The molecule has 0 amide bonds. The summed E-state index contributed by atoms with van der Waals surface area (Å²) in [6, 6.07) is 1.24. The van der Waals surface area contributed by atoms with Crippen molar-refractivity contribution in [2.24, 2.45) is 22.6 Å². The second kappa shape index (κ2) is 5.97. The quantitative estimate of drug-likeness (QED) is 0.476. The van der Waals surface area contributed by atoms with Gasteiger partial charge in [0.15, 0.2) is 5.96 Å². The van der Waals surface area contributed by atoms with Crippen molar-refractivity contribution in [1.82, 2.24) is 4.90 Å². The van der Waals surface area contributed by atoms with Gasteiger partial charge >= 0.3 is 0 Å². The van der Waals surface area contributed by atoms with Crippen molar-refractivity contribution in [1.29, 1.82) is 0 Å². The Balaban J connectivity index is 0.00000120. The summed E-state index contributed by atoms with van der Waals surface area (Å²) in [4.78, 5) is 6.90. The number of guanidine groups is 1. The first kappa shape index (κ1) is 14.4. The van der Waals surface area contributed by atoms with E-state index in [2.05, 4.69) is 11.9 Å². The van der Waals surface area contributed by atoms with Gasteiger partial charge in [0.05, 0.1) is 6.04 Å². The number of hydrogen-bond acceptors (Lipinski definition) is 1. The summed E-state index contributed by atoms with van der Waals surface area (Å²) in [5.41, 5.74) is 6.07. The van der Waals surface area contributed by atoms with E-state index in [-0.39, 0.29) is 24.0 Å². The molecule has 0 spiro atoms. The van der Waals surface area contributed by atoms with Gasteiger partial charge in [-0.15, -0.1) is 24.0 Å². The maximum absolute atomic E-state index is 6.07. The van der Waals surface area contributed by atoms with Crippen molar-refractivity contribution < 1.29 is 0 Å². The van der Waals surface area contributed by atoms with Crippen molar-refractivity contribution in [2.75, 3.05) is 7.05 Å². The second-order valence-electron chi connectivity index (χ2n) is 6.19. The number of hydrogen-bond donors (Lipinski definition) is 1. The summed E-state index contributed by atoms with van der Waals surface area (Å²) in [7, 11) is 2.09. The van der Waals surface area contributed by atoms with Crippen molar-refractivity contribution in [2.45, 2.75) is 63.5 Å². The van der Waals surface area contributed by atoms with Crippen LogP contribution in [-0.4, -0.2) is 30.0 Å². The zero-order valence-electron chi connectivity index (χ0n) is 11.3. The Bertz CT molecular complexity index is 308. The predicted molar refractivity (Wildman–Crippen MR) is 86.3 cm³/mol. The van der Waals surface area contributed by atoms with Crippen LogP contribution in [0.2, 0.25) is 0 Å². The maximum atomic E-state index is 6.07. The minimum atomic E-state index is 0. The number of rotatable bonds is 3. The minimum absolute atomic E-state index is 0. The van der Waals surface area contributed by atoms with Crippen LogP contribution >= 0.6 is 24.0 Å². The lowest BCUT2D eigenvalue weighted by Crippen LogP contribution is -2.36. The van der Waals surface area contributed by atoms with Gasteiger partial charge in [-0.2, -0.15) is 0 Å². The fraction of sp³-hybridized carbons (Fsp3) is 0.929. The molecule has 3 nitrogen and oxygen atoms in total. The van der Waals surface area contributed by atoms with E-state index >= 15 is 0 Å². The van der Waals surface area contributed by atoms with Crippen LogP contribution in [-0.2, 0) is 0 Å². The van der Waals surface area contributed by atoms with Gasteiger partial charge in [0, 0.05) is 13.1 Å². The number of halogens is 1. The molecule has 2 atom stereocenters. The Morgan fingerprint density at radius 3 is 2.39 bits per heavy atom. The summed E-state index contributed by atoms with van der Waals surface area (Å²) in [5, 5.41) is 0. The summed E-state index contributed by atoms with van der Waals surface area (Å²) >= 11 is 0. The Labute approximate surface area is 128 Å². The average Bonchev–Trinajstić information content (AvgIpc) is 3.23. The van der Waals surface area contributed by atoms with E-state index in [0.717, 1.165) is 17.8 Å². The van der Waals surface area contributed by atoms with E-state index in [4.69, 9.17) is 10.7 Å². The van der Waals surface area contributed by atoms with Crippen molar-refractivity contribution >= 4 is 29.9 Å². The third-order valence-corrected chi connectivity index (χ3v) is 4.81. The predicted octanol–water partition coefficient (Wildman–Crippen LogP) is 2.98. The van der Waals surface area contributed by atoms with E-state index in [1.807, 2.05) is 0 Å². The van der Waals surface area contributed by atoms with Gasteiger partial charge < -0.3 is 10.6 Å². The highest BCUT2D eigenvalue weighted by atomic mass is 127. The molecule has 0 aromatic carbocycles. The molecule has 0 heterocycles. The molecule has 3 fully saturated rings. The van der Waals surface area contributed by atoms with Crippen LogP contribution in [0.3, 0.4) is 0 Å². The first-order valence-electron chi connectivity index (χ1n) is 7.32. The summed E-state index contributed by atoms with van der Waals surface area (Å²) in [5.74, 6) is 2.61. The fourth-order valence-corrected chi connectivity index (χ4v) is 3.33. The molecule has 0 radical (unpaired) electrons. The molecule has 18 heavy (non-hydrogen) atoms. The normalized spacial score (nSPS) is 32.8. The zero-order valence-corrected chi connectivity index (χ0v) is 13.7. The Morgan fingerprint density at radius 2 is 1.78 bits per heavy atom. The first-order chi connectivity index (χ1) is 8.25. The molecule has 0 aromatic heterocycles. The van der Waals surface area contributed by atoms with Gasteiger partial charge in [0.25, 0.3) is 0 Å². The third-order valence-electron chi connectivity index (χ3n) is 4.81. The van der Waals surface area contributed by atoms with E-state index in [9.17, 15) is 0 Å². The van der Waals surface area contributed by atoms with Crippen LogP contribution in [0.15, 0.2) is 4.99 Å². The SMILES string of the molecule is CN(C(N)=N[C@@H]1C[C@H]1C1CCCCC1)C1CC1.I. The largest absolute Gasteiger partial charge is 0.370 e. The highest BCUT2D eigenvalue weighted by Gasteiger charge is 2.43. The van der Waals surface area contributed by atoms with Crippen LogP contribution in [0.25, 0.3) is 0 Å². The Kier molecular flexibility index (Phi) is 4.78. The van der Waals surface area contributed by atoms with E-state index in [1.165, 1.54) is 51.4 Å². The first-order valence-corrected chi connectivity index (χ1v) is 7.32. The lowest BCUT2D eigenvalue weighted by atomic mass is 9.85. The van der Waals surface area contributed by atoms with Crippen LogP contribution in [0.1, 0.15) is 51.4 Å². The Morgan fingerprint density at radius 1 is 1.11 bits per heavy atom.